The fourth-order valence-electron chi connectivity index (χ4n) is 3.26. The van der Waals surface area contributed by atoms with Crippen LogP contribution in [0.2, 0.25) is 0 Å². The SMILES string of the molecule is COc1ccc2c(CC(=O)Nc3c(C)cnn3Cc3cc(F)ccc3F)coc2c1. The highest BCUT2D eigenvalue weighted by atomic mass is 19.1. The Morgan fingerprint density at radius 3 is 2.83 bits per heavy atom. The Balaban J connectivity index is 1.53. The molecular weight excluding hydrogens is 392 g/mol. The summed E-state index contributed by atoms with van der Waals surface area (Å²) in [5.41, 5.74) is 2.20. The number of hydrogen-bond acceptors (Lipinski definition) is 4. The Morgan fingerprint density at radius 1 is 1.20 bits per heavy atom. The maximum absolute atomic E-state index is 14.0. The van der Waals surface area contributed by atoms with Gasteiger partial charge in [0.25, 0.3) is 0 Å². The average Bonchev–Trinajstić information content (AvgIpc) is 3.28. The predicted octanol–water partition coefficient (Wildman–Crippen LogP) is 4.45. The summed E-state index contributed by atoms with van der Waals surface area (Å²) in [6, 6.07) is 8.63. The molecule has 0 fully saturated rings. The highest BCUT2D eigenvalue weighted by Crippen LogP contribution is 2.26. The number of benzene rings is 2. The molecule has 6 nitrogen and oxygen atoms in total. The molecule has 0 aliphatic carbocycles. The second kappa shape index (κ2) is 7.98. The molecule has 0 spiro atoms. The zero-order valence-corrected chi connectivity index (χ0v) is 16.4. The average molecular weight is 411 g/mol. The molecule has 0 saturated heterocycles. The molecule has 0 aliphatic rings. The quantitative estimate of drug-likeness (QED) is 0.509. The number of halogens is 2. The third-order valence-electron chi connectivity index (χ3n) is 4.82. The number of furan rings is 1. The molecule has 0 radical (unpaired) electrons. The van der Waals surface area contributed by atoms with Crippen molar-refractivity contribution < 1.29 is 22.7 Å². The van der Waals surface area contributed by atoms with Gasteiger partial charge in [0, 0.05) is 28.1 Å². The van der Waals surface area contributed by atoms with E-state index in [0.29, 0.717) is 22.7 Å². The number of carbonyl (C=O) groups excluding carboxylic acids is 1. The molecule has 0 saturated carbocycles. The molecule has 2 heterocycles. The van der Waals surface area contributed by atoms with Gasteiger partial charge in [-0.3, -0.25) is 4.79 Å². The molecule has 2 aromatic carbocycles. The van der Waals surface area contributed by atoms with Crippen molar-refractivity contribution in [3.05, 3.63) is 77.2 Å². The van der Waals surface area contributed by atoms with E-state index in [1.54, 1.807) is 32.4 Å². The van der Waals surface area contributed by atoms with E-state index in [4.69, 9.17) is 9.15 Å². The van der Waals surface area contributed by atoms with Crippen molar-refractivity contribution in [2.45, 2.75) is 19.9 Å². The van der Waals surface area contributed by atoms with Crippen molar-refractivity contribution in [3.8, 4) is 5.75 Å². The van der Waals surface area contributed by atoms with Crippen LogP contribution in [0.4, 0.5) is 14.6 Å². The summed E-state index contributed by atoms with van der Waals surface area (Å²) < 4.78 is 39.6. The molecule has 0 unspecified atom stereocenters. The lowest BCUT2D eigenvalue weighted by atomic mass is 10.1. The van der Waals surface area contributed by atoms with Crippen LogP contribution in [0, 0.1) is 18.6 Å². The smallest absolute Gasteiger partial charge is 0.230 e. The predicted molar refractivity (Wildman–Crippen MR) is 108 cm³/mol. The van der Waals surface area contributed by atoms with Crippen LogP contribution in [-0.4, -0.2) is 22.8 Å². The first-order valence-corrected chi connectivity index (χ1v) is 9.25. The van der Waals surface area contributed by atoms with Crippen LogP contribution in [0.25, 0.3) is 11.0 Å². The molecule has 4 aromatic rings. The Hall–Kier alpha value is -3.68. The number of fused-ring (bicyclic) bond motifs is 1. The second-order valence-electron chi connectivity index (χ2n) is 6.92. The number of hydrogen-bond donors (Lipinski definition) is 1. The summed E-state index contributed by atoms with van der Waals surface area (Å²) in [6.07, 6.45) is 3.18. The molecule has 2 aromatic heterocycles. The van der Waals surface area contributed by atoms with Gasteiger partial charge in [-0.05, 0) is 37.3 Å². The normalized spacial score (nSPS) is 11.1. The molecule has 1 amide bonds. The molecule has 0 bridgehead atoms. The van der Waals surface area contributed by atoms with E-state index < -0.39 is 11.6 Å². The summed E-state index contributed by atoms with van der Waals surface area (Å²) in [7, 11) is 1.57. The number of methoxy groups -OCH3 is 1. The van der Waals surface area contributed by atoms with Crippen LogP contribution in [-0.2, 0) is 17.8 Å². The molecular formula is C22H19F2N3O3. The van der Waals surface area contributed by atoms with Gasteiger partial charge in [0.1, 0.15) is 28.8 Å². The Kier molecular flexibility index (Phi) is 5.22. The van der Waals surface area contributed by atoms with Crippen LogP contribution in [0.1, 0.15) is 16.7 Å². The summed E-state index contributed by atoms with van der Waals surface area (Å²) in [4.78, 5) is 12.7. The van der Waals surface area contributed by atoms with Crippen molar-refractivity contribution in [2.24, 2.45) is 0 Å². The number of nitrogens with one attached hydrogen (secondary N) is 1. The van der Waals surface area contributed by atoms with Crippen LogP contribution in [0.5, 0.6) is 5.75 Å². The van der Waals surface area contributed by atoms with Gasteiger partial charge in [0.15, 0.2) is 0 Å². The summed E-state index contributed by atoms with van der Waals surface area (Å²) in [5, 5.41) is 7.82. The lowest BCUT2D eigenvalue weighted by molar-refractivity contribution is -0.115. The minimum atomic E-state index is -0.540. The van der Waals surface area contributed by atoms with Crippen molar-refractivity contribution in [1.82, 2.24) is 9.78 Å². The number of aromatic nitrogens is 2. The highest BCUT2D eigenvalue weighted by Gasteiger charge is 2.16. The first kappa shape index (κ1) is 19.6. The molecule has 1 N–H and O–H groups in total. The van der Waals surface area contributed by atoms with Gasteiger partial charge >= 0.3 is 0 Å². The number of anilines is 1. The van der Waals surface area contributed by atoms with Gasteiger partial charge in [0.05, 0.1) is 32.5 Å². The van der Waals surface area contributed by atoms with Gasteiger partial charge in [-0.25, -0.2) is 13.5 Å². The maximum Gasteiger partial charge on any atom is 0.230 e. The first-order valence-electron chi connectivity index (χ1n) is 9.25. The summed E-state index contributed by atoms with van der Waals surface area (Å²) >= 11 is 0. The molecule has 30 heavy (non-hydrogen) atoms. The van der Waals surface area contributed by atoms with Crippen molar-refractivity contribution >= 4 is 22.7 Å². The summed E-state index contributed by atoms with van der Waals surface area (Å²) in [6.45, 7) is 1.77. The number of nitrogens with zero attached hydrogens (tertiary/aromatic N) is 2. The van der Waals surface area contributed by atoms with Crippen LogP contribution < -0.4 is 10.1 Å². The first-order chi connectivity index (χ1) is 14.4. The fraction of sp³-hybridized carbons (Fsp3) is 0.182. The van der Waals surface area contributed by atoms with Gasteiger partial charge in [-0.15, -0.1) is 0 Å². The maximum atomic E-state index is 14.0. The topological polar surface area (TPSA) is 69.3 Å². The van der Waals surface area contributed by atoms with Gasteiger partial charge in [-0.2, -0.15) is 5.10 Å². The Morgan fingerprint density at radius 2 is 2.03 bits per heavy atom. The number of amides is 1. The third-order valence-corrected chi connectivity index (χ3v) is 4.82. The zero-order chi connectivity index (χ0) is 21.3. The largest absolute Gasteiger partial charge is 0.497 e. The van der Waals surface area contributed by atoms with E-state index >= 15 is 0 Å². The number of aryl methyl sites for hydroxylation is 1. The molecule has 154 valence electrons. The number of carbonyl (C=O) groups is 1. The van der Waals surface area contributed by atoms with E-state index in [0.717, 1.165) is 29.1 Å². The van der Waals surface area contributed by atoms with Crippen molar-refractivity contribution in [2.75, 3.05) is 12.4 Å². The van der Waals surface area contributed by atoms with Crippen LogP contribution in [0.3, 0.4) is 0 Å². The molecule has 8 heteroatoms. The monoisotopic (exact) mass is 411 g/mol. The van der Waals surface area contributed by atoms with Crippen LogP contribution in [0.15, 0.2) is 53.3 Å². The minimum Gasteiger partial charge on any atom is -0.497 e. The van der Waals surface area contributed by atoms with E-state index in [-0.39, 0.29) is 24.4 Å². The van der Waals surface area contributed by atoms with Gasteiger partial charge < -0.3 is 14.5 Å². The molecule has 0 atom stereocenters. The standard InChI is InChI=1S/C22H19F2N3O3/c1-13-10-25-27(11-14-7-16(23)3-6-19(14)24)22(13)26-21(28)8-15-12-30-20-9-17(29-2)4-5-18(15)20/h3-7,9-10,12H,8,11H2,1-2H3,(H,26,28). The third kappa shape index (κ3) is 3.89. The van der Waals surface area contributed by atoms with Crippen molar-refractivity contribution in [1.29, 1.82) is 0 Å². The number of rotatable bonds is 6. The summed E-state index contributed by atoms with van der Waals surface area (Å²) in [5.74, 6) is -0.264. The van der Waals surface area contributed by atoms with E-state index in [1.807, 2.05) is 6.07 Å². The fourth-order valence-corrected chi connectivity index (χ4v) is 3.26. The Bertz CT molecular complexity index is 1230. The van der Waals surface area contributed by atoms with E-state index in [9.17, 15) is 13.6 Å². The second-order valence-corrected chi connectivity index (χ2v) is 6.92. The highest BCUT2D eigenvalue weighted by molar-refractivity contribution is 5.95. The molecule has 0 aliphatic heterocycles. The lowest BCUT2D eigenvalue weighted by Gasteiger charge is -2.11. The zero-order valence-electron chi connectivity index (χ0n) is 16.4. The van der Waals surface area contributed by atoms with E-state index in [1.165, 1.54) is 10.9 Å². The molecule has 4 rings (SSSR count). The van der Waals surface area contributed by atoms with E-state index in [2.05, 4.69) is 10.4 Å². The number of ether oxygens (including phenoxy) is 1. The van der Waals surface area contributed by atoms with Crippen LogP contribution >= 0.6 is 0 Å². The lowest BCUT2D eigenvalue weighted by Crippen LogP contribution is -2.18. The van der Waals surface area contributed by atoms with Crippen molar-refractivity contribution in [3.63, 3.8) is 0 Å². The van der Waals surface area contributed by atoms with Gasteiger partial charge in [0.2, 0.25) is 5.91 Å². The van der Waals surface area contributed by atoms with Gasteiger partial charge in [-0.1, -0.05) is 0 Å². The minimum absolute atomic E-state index is 0.0124. The Labute approximate surface area is 171 Å².